The van der Waals surface area contributed by atoms with Crippen molar-refractivity contribution >= 4 is 22.7 Å². The average Bonchev–Trinajstić information content (AvgIpc) is 3.06. The Balaban J connectivity index is 1.73. The number of rotatable bonds is 3. The quantitative estimate of drug-likeness (QED) is 0.788. The van der Waals surface area contributed by atoms with Gasteiger partial charge in [-0.1, -0.05) is 38.1 Å². The van der Waals surface area contributed by atoms with Crippen molar-refractivity contribution in [2.45, 2.75) is 20.3 Å². The second-order valence-corrected chi connectivity index (χ2v) is 6.34. The van der Waals surface area contributed by atoms with Gasteiger partial charge in [-0.15, -0.1) is 0 Å². The molecule has 2 atom stereocenters. The van der Waals surface area contributed by atoms with Gasteiger partial charge >= 0.3 is 0 Å². The molecule has 0 radical (unpaired) electrons. The molecular weight excluding hydrogens is 314 g/mol. The van der Waals surface area contributed by atoms with E-state index in [2.05, 4.69) is 15.5 Å². The number of hydrazone groups is 1. The van der Waals surface area contributed by atoms with E-state index in [1.165, 1.54) is 0 Å². The molecule has 1 aromatic heterocycles. The van der Waals surface area contributed by atoms with Crippen LogP contribution in [0.1, 0.15) is 25.8 Å². The molecule has 1 aliphatic rings. The summed E-state index contributed by atoms with van der Waals surface area (Å²) in [5, 5.41) is 4.29. The second-order valence-electron chi connectivity index (χ2n) is 6.34. The fraction of sp³-hybridized carbons (Fsp3) is 0.250. The van der Waals surface area contributed by atoms with E-state index in [1.807, 2.05) is 62.4 Å². The first-order valence-corrected chi connectivity index (χ1v) is 8.51. The first kappa shape index (κ1) is 15.6. The van der Waals surface area contributed by atoms with E-state index < -0.39 is 0 Å². The topological polar surface area (TPSA) is 67.5 Å². The first-order valence-electron chi connectivity index (χ1n) is 8.51. The van der Waals surface area contributed by atoms with Gasteiger partial charge in [0.1, 0.15) is 5.52 Å². The summed E-state index contributed by atoms with van der Waals surface area (Å²) in [5.74, 6) is 0.600. The van der Waals surface area contributed by atoms with Crippen LogP contribution in [0.3, 0.4) is 0 Å². The van der Waals surface area contributed by atoms with Crippen molar-refractivity contribution < 1.29 is 9.21 Å². The zero-order chi connectivity index (χ0) is 17.4. The number of carbonyl (C=O) groups is 1. The van der Waals surface area contributed by atoms with Crippen molar-refractivity contribution in [1.29, 1.82) is 0 Å². The highest BCUT2D eigenvalue weighted by molar-refractivity contribution is 6.07. The zero-order valence-electron chi connectivity index (χ0n) is 14.2. The molecule has 2 aromatic carbocycles. The Morgan fingerprint density at radius 2 is 1.92 bits per heavy atom. The van der Waals surface area contributed by atoms with Gasteiger partial charge in [-0.25, -0.2) is 10.4 Å². The molecule has 0 spiro atoms. The number of hydrogen-bond acceptors (Lipinski definition) is 4. The third kappa shape index (κ3) is 2.71. The molecule has 25 heavy (non-hydrogen) atoms. The minimum Gasteiger partial charge on any atom is -0.436 e. The van der Waals surface area contributed by atoms with Gasteiger partial charge < -0.3 is 4.42 Å². The summed E-state index contributed by atoms with van der Waals surface area (Å²) in [6.45, 7) is 4.07. The number of carbonyl (C=O) groups excluding carboxylic acids is 1. The van der Waals surface area contributed by atoms with Gasteiger partial charge in [0.05, 0.1) is 5.71 Å². The molecule has 1 amide bonds. The summed E-state index contributed by atoms with van der Waals surface area (Å²) < 4.78 is 5.94. The Kier molecular flexibility index (Phi) is 3.84. The van der Waals surface area contributed by atoms with Crippen molar-refractivity contribution in [3.63, 3.8) is 0 Å². The van der Waals surface area contributed by atoms with Gasteiger partial charge in [-0.3, -0.25) is 4.79 Å². The van der Waals surface area contributed by atoms with Crippen molar-refractivity contribution in [3.8, 4) is 11.5 Å². The van der Waals surface area contributed by atoms with E-state index in [4.69, 9.17) is 4.42 Å². The summed E-state index contributed by atoms with van der Waals surface area (Å²) >= 11 is 0. The van der Waals surface area contributed by atoms with Gasteiger partial charge in [-0.05, 0) is 30.7 Å². The number of oxazole rings is 1. The van der Waals surface area contributed by atoms with Crippen molar-refractivity contribution in [2.24, 2.45) is 16.9 Å². The van der Waals surface area contributed by atoms with Crippen LogP contribution < -0.4 is 5.43 Å². The molecule has 0 saturated carbocycles. The van der Waals surface area contributed by atoms with Crippen LogP contribution >= 0.6 is 0 Å². The fourth-order valence-corrected chi connectivity index (χ4v) is 3.37. The predicted molar refractivity (Wildman–Crippen MR) is 97.1 cm³/mol. The highest BCUT2D eigenvalue weighted by Crippen LogP contribution is 2.28. The van der Waals surface area contributed by atoms with E-state index in [-0.39, 0.29) is 17.7 Å². The molecule has 5 heteroatoms. The van der Waals surface area contributed by atoms with Crippen molar-refractivity contribution in [1.82, 2.24) is 10.4 Å². The summed E-state index contributed by atoms with van der Waals surface area (Å²) in [6.07, 6.45) is 0.786. The minimum atomic E-state index is -0.0576. The molecule has 1 aliphatic heterocycles. The molecule has 4 rings (SSSR count). The lowest BCUT2D eigenvalue weighted by molar-refractivity contribution is -0.126. The number of nitrogens with zero attached hydrogens (tertiary/aromatic N) is 2. The smallest absolute Gasteiger partial charge is 0.243 e. The van der Waals surface area contributed by atoms with Crippen LogP contribution in [-0.4, -0.2) is 16.6 Å². The second kappa shape index (κ2) is 6.16. The molecular formula is C20H19N3O2. The fourth-order valence-electron chi connectivity index (χ4n) is 3.37. The average molecular weight is 333 g/mol. The van der Waals surface area contributed by atoms with Gasteiger partial charge in [0.25, 0.3) is 0 Å². The maximum absolute atomic E-state index is 11.9. The van der Waals surface area contributed by atoms with Gasteiger partial charge in [0.15, 0.2) is 5.58 Å². The van der Waals surface area contributed by atoms with Gasteiger partial charge in [0.2, 0.25) is 11.8 Å². The van der Waals surface area contributed by atoms with Crippen LogP contribution in [0.2, 0.25) is 0 Å². The van der Waals surface area contributed by atoms with Crippen LogP contribution in [0.5, 0.6) is 0 Å². The monoisotopic (exact) mass is 333 g/mol. The summed E-state index contributed by atoms with van der Waals surface area (Å²) in [7, 11) is 0. The van der Waals surface area contributed by atoms with E-state index in [9.17, 15) is 4.79 Å². The van der Waals surface area contributed by atoms with Crippen molar-refractivity contribution in [2.75, 3.05) is 0 Å². The Hall–Kier alpha value is -2.95. The lowest BCUT2D eigenvalue weighted by atomic mass is 9.83. The van der Waals surface area contributed by atoms with Crippen LogP contribution in [-0.2, 0) is 4.79 Å². The summed E-state index contributed by atoms with van der Waals surface area (Å²) in [4.78, 5) is 16.5. The molecule has 5 nitrogen and oxygen atoms in total. The van der Waals surface area contributed by atoms with E-state index in [0.717, 1.165) is 34.4 Å². The summed E-state index contributed by atoms with van der Waals surface area (Å²) in [6, 6.07) is 15.7. The number of fused-ring (bicyclic) bond motifs is 1. The third-order valence-corrected chi connectivity index (χ3v) is 4.80. The lowest BCUT2D eigenvalue weighted by Crippen LogP contribution is -2.40. The molecule has 126 valence electrons. The number of hydrogen-bond donors (Lipinski definition) is 1. The highest BCUT2D eigenvalue weighted by Gasteiger charge is 2.31. The molecule has 3 aromatic rings. The number of aromatic nitrogens is 1. The standard InChI is InChI=1S/C20H19N3O2/c1-3-15-12(2)18(22-23-19(15)24)14-9-10-16-17(11-14)25-20(21-16)13-7-5-4-6-8-13/h4-12,15H,3H2,1-2H3,(H,23,24)/t12-,15-/m0/s1. The highest BCUT2D eigenvalue weighted by atomic mass is 16.3. The Labute approximate surface area is 145 Å². The van der Waals surface area contributed by atoms with Gasteiger partial charge in [0, 0.05) is 23.0 Å². The first-order chi connectivity index (χ1) is 12.2. The molecule has 0 aliphatic carbocycles. The van der Waals surface area contributed by atoms with Crippen LogP contribution in [0.25, 0.3) is 22.6 Å². The maximum atomic E-state index is 11.9. The lowest BCUT2D eigenvalue weighted by Gasteiger charge is -2.27. The van der Waals surface area contributed by atoms with E-state index in [1.54, 1.807) is 0 Å². The maximum Gasteiger partial charge on any atom is 0.243 e. The van der Waals surface area contributed by atoms with Crippen LogP contribution in [0.15, 0.2) is 58.0 Å². The molecule has 1 N–H and O–H groups in total. The number of benzene rings is 2. The molecule has 0 fully saturated rings. The number of nitrogens with one attached hydrogen (secondary N) is 1. The van der Waals surface area contributed by atoms with Crippen molar-refractivity contribution in [3.05, 3.63) is 54.1 Å². The largest absolute Gasteiger partial charge is 0.436 e. The Bertz CT molecular complexity index is 959. The Morgan fingerprint density at radius 3 is 2.68 bits per heavy atom. The number of amides is 1. The molecule has 2 heterocycles. The minimum absolute atomic E-state index is 0.00847. The Morgan fingerprint density at radius 1 is 1.12 bits per heavy atom. The van der Waals surface area contributed by atoms with E-state index >= 15 is 0 Å². The normalized spacial score (nSPS) is 20.4. The SMILES string of the molecule is CC[C@@H]1C(=O)NN=C(c2ccc3nc(-c4ccccc4)oc3c2)[C@H]1C. The van der Waals surface area contributed by atoms with Crippen LogP contribution in [0.4, 0.5) is 0 Å². The van der Waals surface area contributed by atoms with E-state index in [0.29, 0.717) is 5.89 Å². The predicted octanol–water partition coefficient (Wildman–Crippen LogP) is 3.99. The third-order valence-electron chi connectivity index (χ3n) is 4.80. The summed E-state index contributed by atoms with van der Waals surface area (Å²) in [5.41, 5.74) is 6.95. The molecule has 0 unspecified atom stereocenters. The molecule has 0 bridgehead atoms. The molecule has 0 saturated heterocycles. The zero-order valence-corrected chi connectivity index (χ0v) is 14.2. The van der Waals surface area contributed by atoms with Gasteiger partial charge in [-0.2, -0.15) is 5.10 Å². The van der Waals surface area contributed by atoms with Crippen LogP contribution in [0, 0.1) is 11.8 Å².